The molecule has 34 heavy (non-hydrogen) atoms. The van der Waals surface area contributed by atoms with E-state index in [4.69, 9.17) is 5.73 Å². The smallest absolute Gasteiger partial charge is 0.141 e. The summed E-state index contributed by atoms with van der Waals surface area (Å²) in [5, 5.41) is 20.4. The van der Waals surface area contributed by atoms with Crippen molar-refractivity contribution in [2.24, 2.45) is 11.7 Å². The van der Waals surface area contributed by atoms with E-state index in [-0.39, 0.29) is 22.8 Å². The van der Waals surface area contributed by atoms with Gasteiger partial charge in [0.2, 0.25) is 0 Å². The second-order valence-corrected chi connectivity index (χ2v) is 8.38. The second kappa shape index (κ2) is 8.36. The molecule has 0 amide bonds. The van der Waals surface area contributed by atoms with E-state index in [1.165, 1.54) is 12.1 Å². The zero-order valence-electron chi connectivity index (χ0n) is 17.9. The molecule has 0 spiro atoms. The van der Waals surface area contributed by atoms with Gasteiger partial charge < -0.3 is 15.7 Å². The van der Waals surface area contributed by atoms with E-state index in [0.717, 1.165) is 23.9 Å². The van der Waals surface area contributed by atoms with E-state index in [9.17, 15) is 23.5 Å². The minimum Gasteiger partial charge on any atom is -0.506 e. The molecule has 1 aromatic heterocycles. The highest BCUT2D eigenvalue weighted by Crippen LogP contribution is 2.42. The molecular weight excluding hydrogens is 441 g/mol. The lowest BCUT2D eigenvalue weighted by Gasteiger charge is -2.42. The number of anilines is 1. The zero-order chi connectivity index (χ0) is 24.0. The van der Waals surface area contributed by atoms with Crippen LogP contribution in [0.3, 0.4) is 0 Å². The molecule has 1 fully saturated rings. The molecule has 1 aliphatic rings. The number of phenolic OH excluding ortho intramolecular Hbond substituents is 1. The van der Waals surface area contributed by atoms with Crippen LogP contribution in [0.5, 0.6) is 5.75 Å². The van der Waals surface area contributed by atoms with Crippen molar-refractivity contribution in [3.05, 3.63) is 77.7 Å². The first kappa shape index (κ1) is 21.7. The van der Waals surface area contributed by atoms with Crippen molar-refractivity contribution >= 4 is 16.6 Å². The Kier molecular flexibility index (Phi) is 5.34. The van der Waals surface area contributed by atoms with Crippen LogP contribution in [0.2, 0.25) is 0 Å². The SMILES string of the molecule is N#Cc1cc(F)cc(-c2ccc3ncc(-c4cc(F)cc(F)c4)c(N4CC(CN)C4)c3c2)c1O. The van der Waals surface area contributed by atoms with Gasteiger partial charge in [-0.25, -0.2) is 13.2 Å². The molecule has 170 valence electrons. The maximum absolute atomic E-state index is 14.1. The first-order valence-corrected chi connectivity index (χ1v) is 10.6. The van der Waals surface area contributed by atoms with Crippen molar-refractivity contribution in [2.45, 2.75) is 0 Å². The van der Waals surface area contributed by atoms with E-state index in [1.807, 2.05) is 0 Å². The molecule has 0 saturated carbocycles. The van der Waals surface area contributed by atoms with Gasteiger partial charge in [-0.05, 0) is 54.1 Å². The number of nitrogens with zero attached hydrogens (tertiary/aromatic N) is 3. The number of hydrogen-bond donors (Lipinski definition) is 2. The van der Waals surface area contributed by atoms with Crippen LogP contribution in [-0.2, 0) is 0 Å². The maximum Gasteiger partial charge on any atom is 0.141 e. The third kappa shape index (κ3) is 3.70. The highest BCUT2D eigenvalue weighted by atomic mass is 19.1. The van der Waals surface area contributed by atoms with Crippen molar-refractivity contribution < 1.29 is 18.3 Å². The lowest BCUT2D eigenvalue weighted by molar-refractivity contribution is 0.421. The van der Waals surface area contributed by atoms with Crippen LogP contribution in [0.25, 0.3) is 33.2 Å². The minimum atomic E-state index is -0.702. The number of rotatable bonds is 4. The van der Waals surface area contributed by atoms with Gasteiger partial charge in [0.1, 0.15) is 29.3 Å². The van der Waals surface area contributed by atoms with Gasteiger partial charge in [-0.1, -0.05) is 6.07 Å². The molecule has 3 aromatic carbocycles. The number of aromatic nitrogens is 1. The van der Waals surface area contributed by atoms with Crippen LogP contribution in [0.4, 0.5) is 18.9 Å². The molecule has 2 heterocycles. The van der Waals surface area contributed by atoms with Crippen molar-refractivity contribution in [1.29, 1.82) is 5.26 Å². The van der Waals surface area contributed by atoms with E-state index in [2.05, 4.69) is 9.88 Å². The van der Waals surface area contributed by atoms with Gasteiger partial charge >= 0.3 is 0 Å². The highest BCUT2D eigenvalue weighted by Gasteiger charge is 2.29. The predicted octanol–water partition coefficient (Wildman–Crippen LogP) is 4.96. The number of pyridine rings is 1. The Morgan fingerprint density at radius 3 is 2.35 bits per heavy atom. The van der Waals surface area contributed by atoms with Crippen LogP contribution in [0.1, 0.15) is 5.56 Å². The fraction of sp³-hybridized carbons (Fsp3) is 0.154. The van der Waals surface area contributed by atoms with E-state index < -0.39 is 17.5 Å². The average molecular weight is 460 g/mol. The number of benzene rings is 3. The Morgan fingerprint density at radius 2 is 1.68 bits per heavy atom. The third-order valence-corrected chi connectivity index (χ3v) is 6.13. The number of phenols is 1. The molecule has 5 rings (SSSR count). The molecule has 0 unspecified atom stereocenters. The standard InChI is InChI=1S/C26H19F3N4O/c27-18-3-16(4-19(28)7-18)23-11-32-24-2-1-15(21-8-20(29)5-17(10-31)26(21)34)6-22(24)25(23)33-12-14(9-30)13-33/h1-8,11,14,34H,9,12-13,30H2. The molecule has 0 bridgehead atoms. The van der Waals surface area contributed by atoms with Crippen LogP contribution in [-0.4, -0.2) is 29.7 Å². The Hall–Kier alpha value is -4.09. The zero-order valence-corrected chi connectivity index (χ0v) is 17.9. The Balaban J connectivity index is 1.76. The molecule has 8 heteroatoms. The average Bonchev–Trinajstić information content (AvgIpc) is 2.78. The maximum atomic E-state index is 14.1. The number of nitrogens with two attached hydrogens (primary N) is 1. The number of aromatic hydroxyl groups is 1. The van der Waals surface area contributed by atoms with E-state index in [0.29, 0.717) is 47.2 Å². The summed E-state index contributed by atoms with van der Waals surface area (Å²) >= 11 is 0. The summed E-state index contributed by atoms with van der Waals surface area (Å²) in [6.07, 6.45) is 1.58. The fourth-order valence-electron chi connectivity index (χ4n) is 4.41. The molecule has 5 nitrogen and oxygen atoms in total. The summed E-state index contributed by atoms with van der Waals surface area (Å²) in [6.45, 7) is 1.84. The lowest BCUT2D eigenvalue weighted by atomic mass is 9.93. The summed E-state index contributed by atoms with van der Waals surface area (Å²) in [5.41, 5.74) is 8.48. The molecule has 1 aliphatic heterocycles. The highest BCUT2D eigenvalue weighted by molar-refractivity contribution is 6.02. The van der Waals surface area contributed by atoms with Gasteiger partial charge in [0.15, 0.2) is 0 Å². The summed E-state index contributed by atoms with van der Waals surface area (Å²) in [5.74, 6) is -2.10. The molecule has 1 saturated heterocycles. The quantitative estimate of drug-likeness (QED) is 0.450. The largest absolute Gasteiger partial charge is 0.506 e. The Morgan fingerprint density at radius 1 is 0.971 bits per heavy atom. The van der Waals surface area contributed by atoms with Gasteiger partial charge in [-0.2, -0.15) is 5.26 Å². The van der Waals surface area contributed by atoms with Crippen molar-refractivity contribution in [2.75, 3.05) is 24.5 Å². The Bertz CT molecular complexity index is 1460. The van der Waals surface area contributed by atoms with Gasteiger partial charge in [0.05, 0.1) is 16.8 Å². The number of nitriles is 1. The Labute approximate surface area is 193 Å². The first-order valence-electron chi connectivity index (χ1n) is 10.6. The first-order chi connectivity index (χ1) is 16.4. The minimum absolute atomic E-state index is 0.162. The van der Waals surface area contributed by atoms with Gasteiger partial charge in [-0.15, -0.1) is 0 Å². The fourth-order valence-corrected chi connectivity index (χ4v) is 4.41. The molecule has 0 aliphatic carbocycles. The monoisotopic (exact) mass is 460 g/mol. The number of halogens is 3. The van der Waals surface area contributed by atoms with E-state index in [1.54, 1.807) is 30.5 Å². The summed E-state index contributed by atoms with van der Waals surface area (Å²) in [4.78, 5) is 6.55. The predicted molar refractivity (Wildman–Crippen MR) is 124 cm³/mol. The summed E-state index contributed by atoms with van der Waals surface area (Å²) in [6, 6.07) is 12.4. The normalized spacial score (nSPS) is 13.7. The molecule has 0 atom stereocenters. The summed E-state index contributed by atoms with van der Waals surface area (Å²) < 4.78 is 42.2. The van der Waals surface area contributed by atoms with Gasteiger partial charge in [0, 0.05) is 47.8 Å². The third-order valence-electron chi connectivity index (χ3n) is 6.13. The topological polar surface area (TPSA) is 86.2 Å². The molecule has 4 aromatic rings. The second-order valence-electron chi connectivity index (χ2n) is 8.38. The van der Waals surface area contributed by atoms with Crippen LogP contribution in [0, 0.1) is 34.7 Å². The van der Waals surface area contributed by atoms with Crippen LogP contribution < -0.4 is 10.6 Å². The molecule has 0 radical (unpaired) electrons. The van der Waals surface area contributed by atoms with Crippen LogP contribution in [0.15, 0.2) is 54.7 Å². The van der Waals surface area contributed by atoms with Crippen molar-refractivity contribution in [1.82, 2.24) is 4.98 Å². The number of fused-ring (bicyclic) bond motifs is 1. The lowest BCUT2D eigenvalue weighted by Crippen LogP contribution is -2.50. The van der Waals surface area contributed by atoms with Crippen molar-refractivity contribution in [3.63, 3.8) is 0 Å². The van der Waals surface area contributed by atoms with E-state index >= 15 is 0 Å². The molecule has 3 N–H and O–H groups in total. The molecular formula is C26H19F3N4O. The summed E-state index contributed by atoms with van der Waals surface area (Å²) in [7, 11) is 0. The number of hydrogen-bond acceptors (Lipinski definition) is 5. The van der Waals surface area contributed by atoms with Gasteiger partial charge in [0.25, 0.3) is 0 Å². The van der Waals surface area contributed by atoms with Crippen molar-refractivity contribution in [3.8, 4) is 34.1 Å². The van der Waals surface area contributed by atoms with Crippen LogP contribution >= 0.6 is 0 Å². The van der Waals surface area contributed by atoms with Gasteiger partial charge in [-0.3, -0.25) is 4.98 Å².